The van der Waals surface area contributed by atoms with E-state index in [0.29, 0.717) is 6.04 Å². The van der Waals surface area contributed by atoms with Crippen LogP contribution in [0.15, 0.2) is 24.4 Å². The summed E-state index contributed by atoms with van der Waals surface area (Å²) >= 11 is 0. The Hall–Kier alpha value is -2.10. The zero-order valence-electron chi connectivity index (χ0n) is 14.7. The van der Waals surface area contributed by atoms with Gasteiger partial charge in [-0.05, 0) is 63.6 Å². The molecule has 0 saturated heterocycles. The van der Waals surface area contributed by atoms with Gasteiger partial charge in [0, 0.05) is 30.7 Å². The Bertz CT molecular complexity index is 788. The van der Waals surface area contributed by atoms with Gasteiger partial charge < -0.3 is 9.47 Å². The van der Waals surface area contributed by atoms with E-state index in [2.05, 4.69) is 35.5 Å². The normalized spacial score (nSPS) is 19.9. The van der Waals surface area contributed by atoms with Crippen LogP contribution in [0.4, 0.5) is 0 Å². The molecule has 2 aliphatic rings. The minimum atomic E-state index is 0.0893. The number of aromatic nitrogens is 2. The summed E-state index contributed by atoms with van der Waals surface area (Å²) in [5.74, 6) is 0.124. The first kappa shape index (κ1) is 15.4. The van der Waals surface area contributed by atoms with E-state index in [-0.39, 0.29) is 11.9 Å². The van der Waals surface area contributed by atoms with Crippen molar-refractivity contribution >= 4 is 5.91 Å². The summed E-state index contributed by atoms with van der Waals surface area (Å²) in [4.78, 5) is 19.7. The molecule has 2 heterocycles. The maximum Gasteiger partial charge on any atom is 0.255 e. The monoisotopic (exact) mass is 323 g/mol. The van der Waals surface area contributed by atoms with Gasteiger partial charge in [0.2, 0.25) is 0 Å². The summed E-state index contributed by atoms with van der Waals surface area (Å²) in [5.41, 5.74) is 5.54. The number of fused-ring (bicyclic) bond motifs is 1. The average molecular weight is 323 g/mol. The van der Waals surface area contributed by atoms with Crippen molar-refractivity contribution < 1.29 is 4.79 Å². The van der Waals surface area contributed by atoms with Crippen molar-refractivity contribution in [3.63, 3.8) is 0 Å². The molecule has 24 heavy (non-hydrogen) atoms. The van der Waals surface area contributed by atoms with Crippen molar-refractivity contribution in [3.05, 3.63) is 52.6 Å². The first-order chi connectivity index (χ1) is 11.6. The highest BCUT2D eigenvalue weighted by atomic mass is 16.2. The smallest absolute Gasteiger partial charge is 0.255 e. The maximum absolute atomic E-state index is 13.2. The van der Waals surface area contributed by atoms with Crippen LogP contribution in [0, 0.1) is 13.8 Å². The van der Waals surface area contributed by atoms with E-state index in [1.807, 2.05) is 24.2 Å². The molecule has 4 rings (SSSR count). The van der Waals surface area contributed by atoms with Gasteiger partial charge in [0.15, 0.2) is 0 Å². The fourth-order valence-electron chi connectivity index (χ4n) is 4.18. The zero-order valence-corrected chi connectivity index (χ0v) is 14.7. The molecule has 1 saturated carbocycles. The highest BCUT2D eigenvalue weighted by Gasteiger charge is 2.32. The lowest BCUT2D eigenvalue weighted by atomic mass is 9.91. The molecule has 1 atom stereocenters. The average Bonchev–Trinajstić information content (AvgIpc) is 3.38. The summed E-state index contributed by atoms with van der Waals surface area (Å²) in [6.07, 6.45) is 7.49. The van der Waals surface area contributed by atoms with Crippen molar-refractivity contribution in [2.75, 3.05) is 7.05 Å². The minimum absolute atomic E-state index is 0.0893. The molecule has 1 fully saturated rings. The van der Waals surface area contributed by atoms with Crippen molar-refractivity contribution in [3.8, 4) is 0 Å². The van der Waals surface area contributed by atoms with Gasteiger partial charge in [0.05, 0.1) is 17.3 Å². The van der Waals surface area contributed by atoms with Crippen LogP contribution in [-0.4, -0.2) is 27.4 Å². The molecule has 0 bridgehead atoms. The molecule has 126 valence electrons. The molecule has 1 amide bonds. The van der Waals surface area contributed by atoms with Gasteiger partial charge in [0.1, 0.15) is 0 Å². The Morgan fingerprint density at radius 3 is 2.83 bits per heavy atom. The molecule has 2 aromatic heterocycles. The molecule has 0 aliphatic heterocycles. The highest BCUT2D eigenvalue weighted by Crippen LogP contribution is 2.39. The first-order valence-electron chi connectivity index (χ1n) is 8.97. The quantitative estimate of drug-likeness (QED) is 0.857. The number of carbonyl (C=O) groups excluding carboxylic acids is 1. The Kier molecular flexibility index (Phi) is 3.70. The predicted octanol–water partition coefficient (Wildman–Crippen LogP) is 3.98. The van der Waals surface area contributed by atoms with Crippen molar-refractivity contribution in [2.24, 2.45) is 0 Å². The topological polar surface area (TPSA) is 38.1 Å². The number of hydrogen-bond donors (Lipinski definition) is 0. The minimum Gasteiger partial charge on any atom is -0.345 e. The van der Waals surface area contributed by atoms with Crippen LogP contribution in [0.25, 0.3) is 0 Å². The summed E-state index contributed by atoms with van der Waals surface area (Å²) in [7, 11) is 1.93. The number of amides is 1. The number of nitrogens with zero attached hydrogens (tertiary/aromatic N) is 3. The van der Waals surface area contributed by atoms with Gasteiger partial charge >= 0.3 is 0 Å². The molecular formula is C20H25N3O. The third-order valence-electron chi connectivity index (χ3n) is 5.58. The number of carbonyl (C=O) groups is 1. The Morgan fingerprint density at radius 1 is 1.29 bits per heavy atom. The Labute approximate surface area is 143 Å². The maximum atomic E-state index is 13.2. The van der Waals surface area contributed by atoms with E-state index in [4.69, 9.17) is 0 Å². The fraction of sp³-hybridized carbons (Fsp3) is 0.500. The standard InChI is InChI=1S/C20H25N3O/c1-13-12-17(14(2)23(13)16-9-10-16)20(24)22(3)18-8-4-6-15-7-5-11-21-19(15)18/h5,7,11-12,16,18H,4,6,8-10H2,1-3H3/t18-/m0/s1. The molecular weight excluding hydrogens is 298 g/mol. The molecule has 4 heteroatoms. The van der Waals surface area contributed by atoms with Crippen molar-refractivity contribution in [1.29, 1.82) is 0 Å². The number of aryl methyl sites for hydroxylation is 2. The lowest BCUT2D eigenvalue weighted by molar-refractivity contribution is 0.0710. The predicted molar refractivity (Wildman–Crippen MR) is 94.2 cm³/mol. The van der Waals surface area contributed by atoms with Crippen molar-refractivity contribution in [2.45, 2.75) is 58.0 Å². The first-order valence-corrected chi connectivity index (χ1v) is 8.97. The number of pyridine rings is 1. The van der Waals surface area contributed by atoms with E-state index in [1.165, 1.54) is 24.1 Å². The Morgan fingerprint density at radius 2 is 2.08 bits per heavy atom. The van der Waals surface area contributed by atoms with Gasteiger partial charge in [-0.15, -0.1) is 0 Å². The molecule has 2 aliphatic carbocycles. The summed E-state index contributed by atoms with van der Waals surface area (Å²) in [5, 5.41) is 0. The molecule has 0 unspecified atom stereocenters. The molecule has 0 spiro atoms. The zero-order chi connectivity index (χ0) is 16.8. The second-order valence-corrected chi connectivity index (χ2v) is 7.26. The van der Waals surface area contributed by atoms with E-state index in [0.717, 1.165) is 36.2 Å². The number of rotatable bonds is 3. The van der Waals surface area contributed by atoms with E-state index in [1.54, 1.807) is 0 Å². The summed E-state index contributed by atoms with van der Waals surface area (Å²) < 4.78 is 2.34. The fourth-order valence-corrected chi connectivity index (χ4v) is 4.18. The van der Waals surface area contributed by atoms with Crippen LogP contribution in [0.3, 0.4) is 0 Å². The van der Waals surface area contributed by atoms with Crippen LogP contribution in [0.2, 0.25) is 0 Å². The van der Waals surface area contributed by atoms with E-state index in [9.17, 15) is 4.79 Å². The molecule has 0 aromatic carbocycles. The Balaban J connectivity index is 1.65. The third kappa shape index (κ3) is 2.45. The van der Waals surface area contributed by atoms with E-state index >= 15 is 0 Å². The molecule has 0 radical (unpaired) electrons. The lowest BCUT2D eigenvalue weighted by Crippen LogP contribution is -2.34. The number of hydrogen-bond acceptors (Lipinski definition) is 2. The van der Waals surface area contributed by atoms with Gasteiger partial charge in [-0.2, -0.15) is 0 Å². The van der Waals surface area contributed by atoms with Crippen LogP contribution in [0.1, 0.15) is 70.8 Å². The summed E-state index contributed by atoms with van der Waals surface area (Å²) in [6, 6.07) is 6.90. The lowest BCUT2D eigenvalue weighted by Gasteiger charge is -2.32. The van der Waals surface area contributed by atoms with Gasteiger partial charge in [-0.3, -0.25) is 9.78 Å². The molecule has 4 nitrogen and oxygen atoms in total. The highest BCUT2D eigenvalue weighted by molar-refractivity contribution is 5.96. The summed E-state index contributed by atoms with van der Waals surface area (Å²) in [6.45, 7) is 4.19. The van der Waals surface area contributed by atoms with Gasteiger partial charge in [-0.1, -0.05) is 6.07 Å². The second-order valence-electron chi connectivity index (χ2n) is 7.26. The third-order valence-corrected chi connectivity index (χ3v) is 5.58. The van der Waals surface area contributed by atoms with Crippen LogP contribution >= 0.6 is 0 Å². The van der Waals surface area contributed by atoms with Crippen LogP contribution in [0.5, 0.6) is 0 Å². The SMILES string of the molecule is Cc1cc(C(=O)N(C)[C@H]2CCCc3cccnc32)c(C)n1C1CC1. The van der Waals surface area contributed by atoms with Crippen LogP contribution in [-0.2, 0) is 6.42 Å². The van der Waals surface area contributed by atoms with Gasteiger partial charge in [-0.25, -0.2) is 0 Å². The molecule has 0 N–H and O–H groups in total. The molecule has 2 aromatic rings. The largest absolute Gasteiger partial charge is 0.345 e. The van der Waals surface area contributed by atoms with Crippen LogP contribution < -0.4 is 0 Å². The van der Waals surface area contributed by atoms with Gasteiger partial charge in [0.25, 0.3) is 5.91 Å². The van der Waals surface area contributed by atoms with E-state index < -0.39 is 0 Å². The second kappa shape index (κ2) is 5.76. The van der Waals surface area contributed by atoms with Crippen molar-refractivity contribution in [1.82, 2.24) is 14.5 Å².